The number of aliphatic carboxylic acids is 1. The summed E-state index contributed by atoms with van der Waals surface area (Å²) in [5, 5.41) is 12.9. The van der Waals surface area contributed by atoms with Crippen molar-refractivity contribution in [3.63, 3.8) is 0 Å². The van der Waals surface area contributed by atoms with Gasteiger partial charge < -0.3 is 24.6 Å². The first-order valence-corrected chi connectivity index (χ1v) is 9.93. The molecule has 2 aromatic rings. The third-order valence-electron chi connectivity index (χ3n) is 5.36. The molecule has 0 spiro atoms. The van der Waals surface area contributed by atoms with Crippen LogP contribution in [-0.4, -0.2) is 68.3 Å². The van der Waals surface area contributed by atoms with E-state index in [0.29, 0.717) is 54.2 Å². The van der Waals surface area contributed by atoms with Crippen molar-refractivity contribution in [3.05, 3.63) is 29.2 Å². The molecule has 0 radical (unpaired) electrons. The minimum Gasteiger partial charge on any atom is -0.480 e. The van der Waals surface area contributed by atoms with E-state index in [1.807, 2.05) is 10.8 Å². The Kier molecular flexibility index (Phi) is 5.42. The molecule has 0 aliphatic carbocycles. The first-order valence-electron chi connectivity index (χ1n) is 9.55. The fourth-order valence-electron chi connectivity index (χ4n) is 3.63. The van der Waals surface area contributed by atoms with Crippen molar-refractivity contribution in [2.75, 3.05) is 25.1 Å². The molecule has 1 fully saturated rings. The number of hydrogen-bond acceptors (Lipinski definition) is 6. The first-order chi connectivity index (χ1) is 13.9. The number of rotatable bonds is 5. The molecule has 0 bridgehead atoms. The Morgan fingerprint density at radius 3 is 2.86 bits per heavy atom. The third-order valence-corrected chi connectivity index (χ3v) is 5.63. The molecule has 10 heteroatoms. The maximum atomic E-state index is 12.8. The lowest BCUT2D eigenvalue weighted by atomic mass is 10.1. The third kappa shape index (κ3) is 3.92. The van der Waals surface area contributed by atoms with Gasteiger partial charge in [-0.15, -0.1) is 0 Å². The summed E-state index contributed by atoms with van der Waals surface area (Å²) in [6.45, 7) is 3.76. The Morgan fingerprint density at radius 2 is 2.14 bits per heavy atom. The summed E-state index contributed by atoms with van der Waals surface area (Å²) in [5.74, 6) is -0.864. The number of aromatic nitrogens is 3. The van der Waals surface area contributed by atoms with E-state index in [1.54, 1.807) is 12.3 Å². The highest BCUT2D eigenvalue weighted by Crippen LogP contribution is 2.30. The Labute approximate surface area is 172 Å². The van der Waals surface area contributed by atoms with E-state index in [2.05, 4.69) is 15.3 Å². The lowest BCUT2D eigenvalue weighted by Crippen LogP contribution is -2.48. The summed E-state index contributed by atoms with van der Waals surface area (Å²) in [4.78, 5) is 34.2. The van der Waals surface area contributed by atoms with E-state index in [4.69, 9.17) is 16.3 Å². The highest BCUT2D eigenvalue weighted by molar-refractivity contribution is 6.33. The molecule has 1 saturated heterocycles. The molecular formula is C19H22ClN5O4. The van der Waals surface area contributed by atoms with Crippen molar-refractivity contribution in [1.29, 1.82) is 0 Å². The van der Waals surface area contributed by atoms with Gasteiger partial charge in [-0.3, -0.25) is 4.79 Å². The Hall–Kier alpha value is -2.65. The van der Waals surface area contributed by atoms with Crippen molar-refractivity contribution in [1.82, 2.24) is 19.4 Å². The van der Waals surface area contributed by atoms with Crippen LogP contribution in [0.2, 0.25) is 5.02 Å². The topological polar surface area (TPSA) is 110 Å². The van der Waals surface area contributed by atoms with E-state index in [0.717, 1.165) is 12.8 Å². The molecule has 2 N–H and O–H groups in total. The second-order valence-corrected chi connectivity index (χ2v) is 7.65. The Morgan fingerprint density at radius 1 is 1.38 bits per heavy atom. The van der Waals surface area contributed by atoms with Crippen molar-refractivity contribution in [2.24, 2.45) is 0 Å². The summed E-state index contributed by atoms with van der Waals surface area (Å²) in [6, 6.07) is 1.07. The minimum absolute atomic E-state index is 0.243. The van der Waals surface area contributed by atoms with Gasteiger partial charge in [0.1, 0.15) is 11.7 Å². The molecule has 0 saturated carbocycles. The summed E-state index contributed by atoms with van der Waals surface area (Å²) in [6.07, 6.45) is 5.13. The molecule has 1 amide bonds. The van der Waals surface area contributed by atoms with Crippen molar-refractivity contribution in [2.45, 2.75) is 38.4 Å². The van der Waals surface area contributed by atoms with Crippen LogP contribution in [0.1, 0.15) is 30.3 Å². The van der Waals surface area contributed by atoms with Crippen molar-refractivity contribution < 1.29 is 19.4 Å². The molecule has 2 aromatic heterocycles. The molecular weight excluding hydrogens is 398 g/mol. The number of nitrogens with one attached hydrogen (secondary N) is 1. The van der Waals surface area contributed by atoms with Crippen LogP contribution in [0.15, 0.2) is 18.5 Å². The normalized spacial score (nSPS) is 18.4. The number of carboxylic acids is 1. The molecule has 154 valence electrons. The average Bonchev–Trinajstić information content (AvgIpc) is 3.15. The molecule has 1 unspecified atom stereocenters. The summed E-state index contributed by atoms with van der Waals surface area (Å²) >= 11 is 6.34. The number of halogens is 1. The number of amides is 1. The highest BCUT2D eigenvalue weighted by atomic mass is 35.5. The van der Waals surface area contributed by atoms with Crippen LogP contribution in [0.5, 0.6) is 0 Å². The number of hydrogen-bond donors (Lipinski definition) is 2. The monoisotopic (exact) mass is 419 g/mol. The molecule has 9 nitrogen and oxygen atoms in total. The predicted molar refractivity (Wildman–Crippen MR) is 106 cm³/mol. The number of carbonyl (C=O) groups excluding carboxylic acids is 1. The molecule has 2 aliphatic heterocycles. The maximum Gasteiger partial charge on any atom is 0.326 e. The number of nitrogens with zero attached hydrogens (tertiary/aromatic N) is 4. The van der Waals surface area contributed by atoms with Gasteiger partial charge in [0.05, 0.1) is 16.9 Å². The van der Waals surface area contributed by atoms with Crippen molar-refractivity contribution in [3.8, 4) is 11.3 Å². The van der Waals surface area contributed by atoms with Gasteiger partial charge in [-0.05, 0) is 25.8 Å². The van der Waals surface area contributed by atoms with Gasteiger partial charge in [0, 0.05) is 44.1 Å². The lowest BCUT2D eigenvalue weighted by Gasteiger charge is -2.31. The SMILES string of the molecule is CC(C(=O)O)N1CCn2cc(-c3nc(NC4CCOCC4)ncc3Cl)cc2C1=O. The average molecular weight is 420 g/mol. The second-order valence-electron chi connectivity index (χ2n) is 7.24. The molecule has 4 heterocycles. The predicted octanol–water partition coefficient (Wildman–Crippen LogP) is 2.12. The molecule has 29 heavy (non-hydrogen) atoms. The number of ether oxygens (including phenoxy) is 1. The fourth-order valence-corrected chi connectivity index (χ4v) is 3.83. The van der Waals surface area contributed by atoms with E-state index in [1.165, 1.54) is 11.8 Å². The van der Waals surface area contributed by atoms with Crippen LogP contribution in [0, 0.1) is 0 Å². The van der Waals surface area contributed by atoms with Gasteiger partial charge >= 0.3 is 5.97 Å². The van der Waals surface area contributed by atoms with E-state index in [-0.39, 0.29) is 11.9 Å². The zero-order valence-electron chi connectivity index (χ0n) is 16.0. The lowest BCUT2D eigenvalue weighted by molar-refractivity contribution is -0.141. The van der Waals surface area contributed by atoms with E-state index < -0.39 is 12.0 Å². The van der Waals surface area contributed by atoms with Crippen LogP contribution in [0.25, 0.3) is 11.3 Å². The number of anilines is 1. The largest absolute Gasteiger partial charge is 0.480 e. The van der Waals surface area contributed by atoms with E-state index >= 15 is 0 Å². The van der Waals surface area contributed by atoms with Crippen LogP contribution >= 0.6 is 11.6 Å². The van der Waals surface area contributed by atoms with Crippen LogP contribution in [-0.2, 0) is 16.1 Å². The Bertz CT molecular complexity index is 941. The first kappa shape index (κ1) is 19.7. The standard InChI is InChI=1S/C19H22ClN5O4/c1-11(18(27)28)25-5-4-24-10-12(8-15(24)17(25)26)16-14(20)9-21-19(23-16)22-13-2-6-29-7-3-13/h8-11,13H,2-7H2,1H3,(H,27,28)(H,21,22,23). The molecule has 4 rings (SSSR count). The number of fused-ring (bicyclic) bond motifs is 1. The fraction of sp³-hybridized carbons (Fsp3) is 0.474. The number of carbonyl (C=O) groups is 2. The zero-order valence-corrected chi connectivity index (χ0v) is 16.7. The maximum absolute atomic E-state index is 12.8. The minimum atomic E-state index is -1.03. The van der Waals surface area contributed by atoms with Gasteiger partial charge in [0.15, 0.2) is 0 Å². The van der Waals surface area contributed by atoms with Gasteiger partial charge in [0.25, 0.3) is 5.91 Å². The van der Waals surface area contributed by atoms with Gasteiger partial charge in [0.2, 0.25) is 5.95 Å². The molecule has 0 aromatic carbocycles. The summed E-state index contributed by atoms with van der Waals surface area (Å²) in [7, 11) is 0. The molecule has 1 atom stereocenters. The van der Waals surface area contributed by atoms with Crippen LogP contribution in [0.3, 0.4) is 0 Å². The van der Waals surface area contributed by atoms with E-state index in [9.17, 15) is 14.7 Å². The molecule has 2 aliphatic rings. The zero-order chi connectivity index (χ0) is 20.5. The Balaban J connectivity index is 1.60. The van der Waals surface area contributed by atoms with Crippen LogP contribution in [0.4, 0.5) is 5.95 Å². The van der Waals surface area contributed by atoms with Gasteiger partial charge in [-0.2, -0.15) is 0 Å². The number of carboxylic acid groups (broad SMARTS) is 1. The summed E-state index contributed by atoms with van der Waals surface area (Å²) in [5.41, 5.74) is 1.65. The van der Waals surface area contributed by atoms with Gasteiger partial charge in [-0.1, -0.05) is 11.6 Å². The smallest absolute Gasteiger partial charge is 0.326 e. The summed E-state index contributed by atoms with van der Waals surface area (Å²) < 4.78 is 7.18. The van der Waals surface area contributed by atoms with Crippen molar-refractivity contribution >= 4 is 29.4 Å². The second kappa shape index (κ2) is 8.00. The van der Waals surface area contributed by atoms with Gasteiger partial charge in [-0.25, -0.2) is 14.8 Å². The quantitative estimate of drug-likeness (QED) is 0.763. The highest BCUT2D eigenvalue weighted by Gasteiger charge is 2.32. The van der Waals surface area contributed by atoms with Crippen LogP contribution < -0.4 is 5.32 Å².